The minimum Gasteiger partial charge on any atom is -0.312 e. The first-order valence-electron chi connectivity index (χ1n) is 6.30. The van der Waals surface area contributed by atoms with Crippen molar-refractivity contribution in [1.29, 1.82) is 0 Å². The summed E-state index contributed by atoms with van der Waals surface area (Å²) in [4.78, 5) is 4.28. The predicted octanol–water partition coefficient (Wildman–Crippen LogP) is 2.12. The van der Waals surface area contributed by atoms with Crippen molar-refractivity contribution >= 4 is 11.3 Å². The molecule has 1 aromatic carbocycles. The Labute approximate surface area is 111 Å². The lowest BCUT2D eigenvalue weighted by Gasteiger charge is -2.26. The van der Waals surface area contributed by atoms with Gasteiger partial charge >= 0.3 is 0 Å². The van der Waals surface area contributed by atoms with E-state index in [2.05, 4.69) is 45.3 Å². The highest BCUT2D eigenvalue weighted by Crippen LogP contribution is 2.22. The number of aromatic nitrogens is 1. The van der Waals surface area contributed by atoms with Gasteiger partial charge in [0.1, 0.15) is 0 Å². The molecule has 0 radical (unpaired) electrons. The smallest absolute Gasteiger partial charge is 0.0795 e. The van der Waals surface area contributed by atoms with E-state index in [1.54, 1.807) is 11.3 Å². The average Bonchev–Trinajstić information content (AvgIpc) is 2.92. The third-order valence-corrected chi connectivity index (χ3v) is 4.02. The largest absolute Gasteiger partial charge is 0.312 e. The number of thiazole rings is 1. The molecule has 0 bridgehead atoms. The Hall–Kier alpha value is -1.23. The van der Waals surface area contributed by atoms with Crippen molar-refractivity contribution in [2.75, 3.05) is 13.1 Å². The molecule has 1 unspecified atom stereocenters. The fraction of sp³-hybridized carbons (Fsp3) is 0.357. The molecule has 2 heterocycles. The molecule has 0 aliphatic carbocycles. The van der Waals surface area contributed by atoms with Crippen LogP contribution >= 0.6 is 11.3 Å². The monoisotopic (exact) mass is 259 g/mol. The maximum atomic E-state index is 4.28. The number of rotatable bonds is 4. The van der Waals surface area contributed by atoms with E-state index in [4.69, 9.17) is 0 Å². The van der Waals surface area contributed by atoms with E-state index in [1.165, 1.54) is 11.1 Å². The van der Waals surface area contributed by atoms with Gasteiger partial charge in [-0.05, 0) is 11.1 Å². The van der Waals surface area contributed by atoms with Gasteiger partial charge in [0.25, 0.3) is 0 Å². The van der Waals surface area contributed by atoms with Crippen LogP contribution in [-0.4, -0.2) is 18.1 Å². The Kier molecular flexibility index (Phi) is 3.69. The molecule has 1 aliphatic rings. The summed E-state index contributed by atoms with van der Waals surface area (Å²) in [6.07, 6.45) is 0. The molecular formula is C14H17N3S. The number of nitrogens with zero attached hydrogens (tertiary/aromatic N) is 1. The molecule has 0 saturated carbocycles. The summed E-state index contributed by atoms with van der Waals surface area (Å²) < 4.78 is 0. The molecule has 0 fully saturated rings. The van der Waals surface area contributed by atoms with Crippen LogP contribution in [0.25, 0.3) is 0 Å². The van der Waals surface area contributed by atoms with Gasteiger partial charge in [-0.2, -0.15) is 0 Å². The molecule has 1 aromatic heterocycles. The Balaban J connectivity index is 1.60. The van der Waals surface area contributed by atoms with Gasteiger partial charge in [-0.3, -0.25) is 0 Å². The first-order chi connectivity index (χ1) is 8.93. The van der Waals surface area contributed by atoms with Crippen molar-refractivity contribution in [2.24, 2.45) is 0 Å². The normalized spacial score (nSPS) is 18.6. The molecule has 18 heavy (non-hydrogen) atoms. The predicted molar refractivity (Wildman–Crippen MR) is 74.7 cm³/mol. The van der Waals surface area contributed by atoms with Crippen LogP contribution in [0.3, 0.4) is 0 Å². The summed E-state index contributed by atoms with van der Waals surface area (Å²) in [5.41, 5.74) is 5.94. The van der Waals surface area contributed by atoms with Crippen LogP contribution in [0, 0.1) is 0 Å². The molecule has 0 amide bonds. The number of hydrogen-bond donors (Lipinski definition) is 2. The quantitative estimate of drug-likeness (QED) is 0.883. The first kappa shape index (κ1) is 11.8. The Bertz CT molecular complexity index is 496. The van der Waals surface area contributed by atoms with E-state index in [1.807, 2.05) is 5.51 Å². The van der Waals surface area contributed by atoms with Gasteiger partial charge < -0.3 is 10.6 Å². The fourth-order valence-electron chi connectivity index (χ4n) is 2.47. The highest BCUT2D eigenvalue weighted by Gasteiger charge is 2.18. The van der Waals surface area contributed by atoms with Crippen LogP contribution in [0.4, 0.5) is 0 Å². The van der Waals surface area contributed by atoms with Crippen LogP contribution in [0.1, 0.15) is 22.7 Å². The van der Waals surface area contributed by atoms with Gasteiger partial charge in [-0.15, -0.1) is 11.3 Å². The van der Waals surface area contributed by atoms with E-state index in [0.717, 1.165) is 31.9 Å². The second-order valence-electron chi connectivity index (χ2n) is 4.64. The lowest BCUT2D eigenvalue weighted by Crippen LogP contribution is -2.34. The first-order valence-corrected chi connectivity index (χ1v) is 7.24. The van der Waals surface area contributed by atoms with E-state index in [0.29, 0.717) is 5.92 Å². The highest BCUT2D eigenvalue weighted by atomic mass is 32.1. The maximum Gasteiger partial charge on any atom is 0.0795 e. The summed E-state index contributed by atoms with van der Waals surface area (Å²) in [6, 6.07) is 8.73. The minimum absolute atomic E-state index is 0.564. The average molecular weight is 259 g/mol. The van der Waals surface area contributed by atoms with Gasteiger partial charge in [0.15, 0.2) is 0 Å². The molecule has 2 N–H and O–H groups in total. The van der Waals surface area contributed by atoms with Crippen molar-refractivity contribution in [3.8, 4) is 0 Å². The van der Waals surface area contributed by atoms with Crippen LogP contribution in [0.5, 0.6) is 0 Å². The Morgan fingerprint density at radius 2 is 2.33 bits per heavy atom. The van der Waals surface area contributed by atoms with E-state index in [9.17, 15) is 0 Å². The molecule has 0 spiro atoms. The van der Waals surface area contributed by atoms with Crippen molar-refractivity contribution in [1.82, 2.24) is 15.6 Å². The van der Waals surface area contributed by atoms with E-state index in [-0.39, 0.29) is 0 Å². The number of benzene rings is 1. The molecule has 94 valence electrons. The van der Waals surface area contributed by atoms with Crippen LogP contribution in [0.2, 0.25) is 0 Å². The topological polar surface area (TPSA) is 37.0 Å². The summed E-state index contributed by atoms with van der Waals surface area (Å²) >= 11 is 1.65. The van der Waals surface area contributed by atoms with Gasteiger partial charge in [0.05, 0.1) is 11.2 Å². The lowest BCUT2D eigenvalue weighted by atomic mass is 9.91. The second-order valence-corrected chi connectivity index (χ2v) is 5.36. The van der Waals surface area contributed by atoms with Gasteiger partial charge in [0, 0.05) is 37.5 Å². The Morgan fingerprint density at radius 1 is 1.39 bits per heavy atom. The molecule has 2 aromatic rings. The van der Waals surface area contributed by atoms with Crippen molar-refractivity contribution in [3.63, 3.8) is 0 Å². The molecule has 3 rings (SSSR count). The fourth-order valence-corrected chi connectivity index (χ4v) is 3.02. The third kappa shape index (κ3) is 2.61. The van der Waals surface area contributed by atoms with Gasteiger partial charge in [0.2, 0.25) is 0 Å². The lowest BCUT2D eigenvalue weighted by molar-refractivity contribution is 0.501. The zero-order valence-corrected chi connectivity index (χ0v) is 11.0. The maximum absolute atomic E-state index is 4.28. The molecule has 1 aliphatic heterocycles. The van der Waals surface area contributed by atoms with Crippen LogP contribution in [0.15, 0.2) is 35.2 Å². The number of nitrogens with one attached hydrogen (secondary N) is 2. The summed E-state index contributed by atoms with van der Waals surface area (Å²) in [5.74, 6) is 0.564. The van der Waals surface area contributed by atoms with E-state index >= 15 is 0 Å². The zero-order chi connectivity index (χ0) is 12.2. The van der Waals surface area contributed by atoms with Crippen molar-refractivity contribution in [3.05, 3.63) is 52.0 Å². The summed E-state index contributed by atoms with van der Waals surface area (Å²) in [7, 11) is 0. The van der Waals surface area contributed by atoms with Crippen molar-refractivity contribution < 1.29 is 0 Å². The molecule has 3 nitrogen and oxygen atoms in total. The SMILES string of the molecule is c1ccc2c(c1)CNCC2CNCc1cscn1. The highest BCUT2D eigenvalue weighted by molar-refractivity contribution is 7.07. The standard InChI is InChI=1S/C14H17N3S/c1-2-4-14-11(3-1)5-15-6-12(14)7-16-8-13-9-18-10-17-13/h1-4,9-10,12,15-16H,5-8H2. The third-order valence-electron chi connectivity index (χ3n) is 3.38. The van der Waals surface area contributed by atoms with Gasteiger partial charge in [-0.1, -0.05) is 24.3 Å². The second kappa shape index (κ2) is 5.61. The van der Waals surface area contributed by atoms with Crippen LogP contribution in [-0.2, 0) is 13.1 Å². The summed E-state index contributed by atoms with van der Waals surface area (Å²) in [5, 5.41) is 9.08. The number of fused-ring (bicyclic) bond motifs is 1. The molecular weight excluding hydrogens is 242 g/mol. The van der Waals surface area contributed by atoms with Crippen molar-refractivity contribution in [2.45, 2.75) is 19.0 Å². The van der Waals surface area contributed by atoms with Gasteiger partial charge in [-0.25, -0.2) is 4.98 Å². The number of hydrogen-bond acceptors (Lipinski definition) is 4. The minimum atomic E-state index is 0.564. The summed E-state index contributed by atoms with van der Waals surface area (Å²) in [6.45, 7) is 3.92. The molecule has 0 saturated heterocycles. The van der Waals surface area contributed by atoms with Crippen LogP contribution < -0.4 is 10.6 Å². The molecule has 4 heteroatoms. The zero-order valence-electron chi connectivity index (χ0n) is 10.2. The van der Waals surface area contributed by atoms with E-state index < -0.39 is 0 Å². The Morgan fingerprint density at radius 3 is 3.22 bits per heavy atom. The molecule has 1 atom stereocenters.